The van der Waals surface area contributed by atoms with E-state index in [1.54, 1.807) is 42.6 Å². The van der Waals surface area contributed by atoms with E-state index in [1.165, 1.54) is 18.1 Å². The molecule has 0 atom stereocenters. The van der Waals surface area contributed by atoms with Crippen molar-refractivity contribution in [2.75, 3.05) is 4.90 Å². The summed E-state index contributed by atoms with van der Waals surface area (Å²) in [6.45, 7) is 5.35. The molecule has 0 N–H and O–H groups in total. The van der Waals surface area contributed by atoms with Crippen LogP contribution in [0.15, 0.2) is 125 Å². The lowest BCUT2D eigenvalue weighted by Gasteiger charge is -2.26. The molecule has 3 amide bonds. The summed E-state index contributed by atoms with van der Waals surface area (Å²) in [7, 11) is 0. The number of aryl methyl sites for hydroxylation is 2. The molecule has 254 valence electrons. The van der Waals surface area contributed by atoms with Gasteiger partial charge in [0.05, 0.1) is 11.7 Å². The number of amides is 3. The van der Waals surface area contributed by atoms with E-state index in [4.69, 9.17) is 4.74 Å². The fraction of sp³-hybridized carbons (Fsp3) is 0.100. The van der Waals surface area contributed by atoms with Crippen LogP contribution in [0.4, 0.5) is 27.7 Å². The van der Waals surface area contributed by atoms with Gasteiger partial charge in [0.2, 0.25) is 0 Å². The Kier molecular flexibility index (Phi) is 9.18. The second-order valence-corrected chi connectivity index (χ2v) is 12.6. The minimum Gasteiger partial charge on any atom is -0.444 e. The summed E-state index contributed by atoms with van der Waals surface area (Å²) in [6.07, 6.45) is 0.368. The average Bonchev–Trinajstić information content (AvgIpc) is 3.66. The lowest BCUT2D eigenvalue weighted by Crippen LogP contribution is -2.50. The maximum Gasteiger partial charge on any atom is 0.424 e. The highest BCUT2D eigenvalue weighted by atomic mass is 32.1. The largest absolute Gasteiger partial charge is 0.444 e. The lowest BCUT2D eigenvalue weighted by atomic mass is 9.99. The number of carbonyl (C=O) groups is 3. The minimum atomic E-state index is -1.22. The van der Waals surface area contributed by atoms with Gasteiger partial charge in [0, 0.05) is 34.4 Å². The second kappa shape index (κ2) is 14.2. The first kappa shape index (κ1) is 33.6. The van der Waals surface area contributed by atoms with Crippen molar-refractivity contribution in [3.8, 4) is 17.2 Å². The third-order valence-electron chi connectivity index (χ3n) is 8.56. The van der Waals surface area contributed by atoms with Gasteiger partial charge in [-0.15, -0.1) is 0 Å². The number of ether oxygens (including phenoxy) is 1. The SMILES string of the molecule is CC1=C(C#N)C(=O)N(C(=O)OCc2ccccc2)C(=O)C1=Nc1ncc(-c2ccc(N(c3ccc(C)cc3)c3ccc(C)cc3)cc2)c2nsnc12. The van der Waals surface area contributed by atoms with E-state index in [1.807, 2.05) is 24.3 Å². The highest BCUT2D eigenvalue weighted by Crippen LogP contribution is 2.38. The van der Waals surface area contributed by atoms with E-state index < -0.39 is 23.5 Å². The molecule has 0 unspecified atom stereocenters. The number of hydrogen-bond donors (Lipinski definition) is 0. The Labute approximate surface area is 303 Å². The molecule has 1 aliphatic rings. The summed E-state index contributed by atoms with van der Waals surface area (Å²) < 4.78 is 14.2. The van der Waals surface area contributed by atoms with Crippen LogP contribution < -0.4 is 4.90 Å². The molecule has 0 radical (unpaired) electrons. The number of aliphatic imine (C=N–C) groups is 1. The molecule has 3 heterocycles. The van der Waals surface area contributed by atoms with Crippen molar-refractivity contribution in [1.29, 1.82) is 5.26 Å². The summed E-state index contributed by atoms with van der Waals surface area (Å²) in [5.74, 6) is -2.08. The van der Waals surface area contributed by atoms with Crippen LogP contribution in [0.25, 0.3) is 22.2 Å². The Hall–Kier alpha value is -6.84. The van der Waals surface area contributed by atoms with Crippen LogP contribution in [-0.4, -0.2) is 42.3 Å². The number of pyridine rings is 1. The second-order valence-electron chi connectivity index (χ2n) is 12.1. The third kappa shape index (κ3) is 6.44. The number of hydrogen-bond acceptors (Lipinski definition) is 11. The summed E-state index contributed by atoms with van der Waals surface area (Å²) in [5.41, 5.74) is 7.60. The monoisotopic (exact) mass is 703 g/mol. The van der Waals surface area contributed by atoms with Gasteiger partial charge >= 0.3 is 6.09 Å². The molecule has 0 saturated carbocycles. The van der Waals surface area contributed by atoms with E-state index in [0.29, 0.717) is 22.2 Å². The lowest BCUT2D eigenvalue weighted by molar-refractivity contribution is -0.136. The van der Waals surface area contributed by atoms with E-state index in [2.05, 4.69) is 86.0 Å². The van der Waals surface area contributed by atoms with Gasteiger partial charge in [-0.1, -0.05) is 77.9 Å². The minimum absolute atomic E-state index is 0.00845. The molecule has 0 spiro atoms. The maximum absolute atomic E-state index is 13.6. The number of carbonyl (C=O) groups excluding carboxylic acids is 3. The summed E-state index contributed by atoms with van der Waals surface area (Å²) in [6, 6.07) is 35.3. The maximum atomic E-state index is 13.6. The molecule has 4 aromatic carbocycles. The highest BCUT2D eigenvalue weighted by Gasteiger charge is 2.42. The number of fused-ring (bicyclic) bond motifs is 1. The number of benzene rings is 4. The fourth-order valence-corrected chi connectivity index (χ4v) is 6.30. The molecule has 0 saturated heterocycles. The fourth-order valence-electron chi connectivity index (χ4n) is 5.75. The molecule has 0 aliphatic carbocycles. The number of rotatable bonds is 7. The van der Waals surface area contributed by atoms with Gasteiger partial charge in [0.1, 0.15) is 35.0 Å². The third-order valence-corrected chi connectivity index (χ3v) is 9.09. The van der Waals surface area contributed by atoms with Crippen molar-refractivity contribution in [3.63, 3.8) is 0 Å². The van der Waals surface area contributed by atoms with Crippen molar-refractivity contribution >= 4 is 69.3 Å². The summed E-state index contributed by atoms with van der Waals surface area (Å²) in [4.78, 5) is 51.2. The number of nitrogens with zero attached hydrogens (tertiary/aromatic N) is 7. The summed E-state index contributed by atoms with van der Waals surface area (Å²) >= 11 is 0.954. The van der Waals surface area contributed by atoms with Crippen molar-refractivity contribution < 1.29 is 19.1 Å². The average molecular weight is 704 g/mol. The van der Waals surface area contributed by atoms with Crippen LogP contribution in [0, 0.1) is 25.2 Å². The quantitative estimate of drug-likeness (QED) is 0.150. The first-order chi connectivity index (χ1) is 25.2. The van der Waals surface area contributed by atoms with E-state index >= 15 is 0 Å². The van der Waals surface area contributed by atoms with Crippen LogP contribution >= 0.6 is 11.7 Å². The van der Waals surface area contributed by atoms with Crippen LogP contribution in [0.1, 0.15) is 23.6 Å². The Morgan fingerprint density at radius 1 is 0.808 bits per heavy atom. The highest BCUT2D eigenvalue weighted by molar-refractivity contribution is 7.00. The predicted molar refractivity (Wildman–Crippen MR) is 199 cm³/mol. The van der Waals surface area contributed by atoms with Gasteiger partial charge in [-0.3, -0.25) is 9.59 Å². The van der Waals surface area contributed by atoms with Gasteiger partial charge in [-0.2, -0.15) is 18.9 Å². The zero-order valence-electron chi connectivity index (χ0n) is 28.3. The zero-order valence-corrected chi connectivity index (χ0v) is 29.1. The molecule has 6 aromatic rings. The number of anilines is 3. The molecule has 52 heavy (non-hydrogen) atoms. The molecular formula is C40H29N7O4S. The van der Waals surface area contributed by atoms with Crippen LogP contribution in [0.2, 0.25) is 0 Å². The predicted octanol–water partition coefficient (Wildman–Crippen LogP) is 8.46. The molecule has 0 bridgehead atoms. The molecular weight excluding hydrogens is 675 g/mol. The van der Waals surface area contributed by atoms with Gasteiger partial charge in [0.25, 0.3) is 11.8 Å². The van der Waals surface area contributed by atoms with E-state index in [0.717, 1.165) is 34.4 Å². The Morgan fingerprint density at radius 3 is 1.98 bits per heavy atom. The Morgan fingerprint density at radius 2 is 1.38 bits per heavy atom. The smallest absolute Gasteiger partial charge is 0.424 e. The molecule has 7 rings (SSSR count). The van der Waals surface area contributed by atoms with Crippen molar-refractivity contribution in [2.24, 2.45) is 4.99 Å². The van der Waals surface area contributed by atoms with Crippen molar-refractivity contribution in [3.05, 3.63) is 137 Å². The van der Waals surface area contributed by atoms with Gasteiger partial charge in [0.15, 0.2) is 5.82 Å². The number of aromatic nitrogens is 3. The van der Waals surface area contributed by atoms with Gasteiger partial charge in [-0.05, 0) is 68.3 Å². The molecule has 1 aliphatic heterocycles. The molecule has 2 aromatic heterocycles. The first-order valence-corrected chi connectivity index (χ1v) is 16.9. The first-order valence-electron chi connectivity index (χ1n) is 16.2. The van der Waals surface area contributed by atoms with Crippen LogP contribution in [-0.2, 0) is 20.9 Å². The zero-order chi connectivity index (χ0) is 36.4. The summed E-state index contributed by atoms with van der Waals surface area (Å²) in [5, 5.41) is 9.80. The Bertz CT molecular complexity index is 2400. The number of nitriles is 1. The van der Waals surface area contributed by atoms with Crippen molar-refractivity contribution in [1.82, 2.24) is 18.6 Å². The van der Waals surface area contributed by atoms with E-state index in [-0.39, 0.29) is 28.6 Å². The van der Waals surface area contributed by atoms with Crippen molar-refractivity contribution in [2.45, 2.75) is 27.4 Å². The van der Waals surface area contributed by atoms with Gasteiger partial charge < -0.3 is 9.64 Å². The molecule has 0 fully saturated rings. The molecule has 11 nitrogen and oxygen atoms in total. The number of imide groups is 3. The normalized spacial score (nSPS) is 13.8. The van der Waals surface area contributed by atoms with Gasteiger partial charge in [-0.25, -0.2) is 14.8 Å². The standard InChI is InChI=1S/C40H29N7O4S/c1-24-9-15-29(16-10-24)46(30-17-11-25(2)12-18-30)31-19-13-28(14-20-31)33-22-42-37(36-35(33)44-52-45-36)43-34-26(3)32(21-41)38(48)47(39(34)49)40(50)51-23-27-7-5-4-6-8-27/h4-20,22H,23H2,1-3H3. The Balaban J connectivity index is 1.21. The molecule has 12 heteroatoms. The topological polar surface area (TPSA) is 142 Å². The van der Waals surface area contributed by atoms with Crippen LogP contribution in [0.3, 0.4) is 0 Å². The van der Waals surface area contributed by atoms with Crippen LogP contribution in [0.5, 0.6) is 0 Å². The van der Waals surface area contributed by atoms with E-state index in [9.17, 15) is 19.6 Å².